The molecule has 1 heterocycles. The molecule has 20 heavy (non-hydrogen) atoms. The Balaban J connectivity index is 1.75. The van der Waals surface area contributed by atoms with Gasteiger partial charge >= 0.3 is 0 Å². The van der Waals surface area contributed by atoms with Crippen LogP contribution in [0.15, 0.2) is 6.07 Å². The Morgan fingerprint density at radius 2 is 2.00 bits per heavy atom. The van der Waals surface area contributed by atoms with Crippen LogP contribution in [0.25, 0.3) is 0 Å². The van der Waals surface area contributed by atoms with Gasteiger partial charge in [-0.15, -0.1) is 11.3 Å². The van der Waals surface area contributed by atoms with Crippen LogP contribution in [0.1, 0.15) is 58.6 Å². The van der Waals surface area contributed by atoms with E-state index in [1.54, 1.807) is 11.3 Å². The van der Waals surface area contributed by atoms with Crippen molar-refractivity contribution >= 4 is 33.2 Å². The first-order chi connectivity index (χ1) is 9.66. The molecule has 0 aliphatic heterocycles. The summed E-state index contributed by atoms with van der Waals surface area (Å²) in [6.45, 7) is 0. The Kier molecular flexibility index (Phi) is 4.51. The van der Waals surface area contributed by atoms with Gasteiger partial charge in [-0.2, -0.15) is 0 Å². The van der Waals surface area contributed by atoms with E-state index in [0.29, 0.717) is 10.9 Å². The Hall–Kier alpha value is -0.350. The lowest BCUT2D eigenvalue weighted by molar-refractivity contribution is 0.0709. The fraction of sp³-hybridized carbons (Fsp3) is 0.688. The summed E-state index contributed by atoms with van der Waals surface area (Å²) in [5, 5.41) is 0. The molecule has 2 aliphatic rings. The largest absolute Gasteiger partial charge is 0.337 e. The number of aryl methyl sites for hydroxylation is 2. The number of hydrogen-bond acceptors (Lipinski definition) is 2. The topological polar surface area (TPSA) is 20.3 Å². The molecule has 1 aromatic heterocycles. The van der Waals surface area contributed by atoms with Crippen LogP contribution in [-0.2, 0) is 12.8 Å². The van der Waals surface area contributed by atoms with E-state index in [4.69, 9.17) is 0 Å². The highest BCUT2D eigenvalue weighted by Crippen LogP contribution is 2.33. The van der Waals surface area contributed by atoms with Crippen molar-refractivity contribution in [2.45, 2.75) is 62.2 Å². The Morgan fingerprint density at radius 1 is 1.25 bits per heavy atom. The molecule has 2 unspecified atom stereocenters. The minimum atomic E-state index is 0.223. The standard InChI is InChI=1S/C16H22BrNOS/c1-18(13-8-4-3-7-12(13)17)16(19)15-10-11-6-2-5-9-14(11)20-15/h10,12-13H,2-9H2,1H3. The van der Waals surface area contributed by atoms with Crippen LogP contribution < -0.4 is 0 Å². The first kappa shape index (κ1) is 14.6. The molecule has 3 rings (SSSR count). The molecule has 2 aliphatic carbocycles. The first-order valence-corrected chi connectivity index (χ1v) is 9.43. The highest BCUT2D eigenvalue weighted by Gasteiger charge is 2.30. The number of fused-ring (bicyclic) bond motifs is 1. The van der Waals surface area contributed by atoms with Gasteiger partial charge in [0.15, 0.2) is 0 Å². The zero-order valence-electron chi connectivity index (χ0n) is 12.0. The number of alkyl halides is 1. The number of halogens is 1. The molecule has 0 bridgehead atoms. The zero-order valence-corrected chi connectivity index (χ0v) is 14.4. The van der Waals surface area contributed by atoms with E-state index >= 15 is 0 Å². The van der Waals surface area contributed by atoms with E-state index in [2.05, 4.69) is 22.0 Å². The molecule has 2 atom stereocenters. The van der Waals surface area contributed by atoms with Crippen LogP contribution in [0.3, 0.4) is 0 Å². The average Bonchev–Trinajstić information content (AvgIpc) is 2.90. The van der Waals surface area contributed by atoms with Gasteiger partial charge in [0.05, 0.1) is 4.88 Å². The summed E-state index contributed by atoms with van der Waals surface area (Å²) >= 11 is 5.49. The summed E-state index contributed by atoms with van der Waals surface area (Å²) in [7, 11) is 1.98. The maximum atomic E-state index is 12.7. The molecule has 0 aromatic carbocycles. The molecule has 0 radical (unpaired) electrons. The van der Waals surface area contributed by atoms with Crippen molar-refractivity contribution in [2.24, 2.45) is 0 Å². The summed E-state index contributed by atoms with van der Waals surface area (Å²) < 4.78 is 0. The molecular weight excluding hydrogens is 334 g/mol. The summed E-state index contributed by atoms with van der Waals surface area (Å²) in [6, 6.07) is 2.51. The number of rotatable bonds is 2. The second kappa shape index (κ2) is 6.18. The third-order valence-corrected chi connectivity index (χ3v) is 6.97. The average molecular weight is 356 g/mol. The molecule has 1 fully saturated rings. The van der Waals surface area contributed by atoms with Gasteiger partial charge in [-0.25, -0.2) is 0 Å². The lowest BCUT2D eigenvalue weighted by Gasteiger charge is -2.35. The Morgan fingerprint density at radius 3 is 2.75 bits per heavy atom. The summed E-state index contributed by atoms with van der Waals surface area (Å²) in [4.78, 5) is 17.6. The van der Waals surface area contributed by atoms with E-state index < -0.39 is 0 Å². The lowest BCUT2D eigenvalue weighted by Crippen LogP contribution is -2.43. The molecule has 0 spiro atoms. The van der Waals surface area contributed by atoms with Crippen molar-refractivity contribution in [2.75, 3.05) is 7.05 Å². The van der Waals surface area contributed by atoms with Crippen molar-refractivity contribution in [3.63, 3.8) is 0 Å². The fourth-order valence-electron chi connectivity index (χ4n) is 3.42. The van der Waals surface area contributed by atoms with E-state index in [0.717, 1.165) is 17.7 Å². The first-order valence-electron chi connectivity index (χ1n) is 7.69. The van der Waals surface area contributed by atoms with Crippen molar-refractivity contribution < 1.29 is 4.79 Å². The van der Waals surface area contributed by atoms with Crippen molar-refractivity contribution in [1.29, 1.82) is 0 Å². The zero-order chi connectivity index (χ0) is 14.1. The molecule has 110 valence electrons. The van der Waals surface area contributed by atoms with Crippen molar-refractivity contribution in [1.82, 2.24) is 4.90 Å². The Labute approximate surface area is 133 Å². The smallest absolute Gasteiger partial charge is 0.263 e. The monoisotopic (exact) mass is 355 g/mol. The number of amides is 1. The highest BCUT2D eigenvalue weighted by atomic mass is 79.9. The van der Waals surface area contributed by atoms with Gasteiger partial charge in [-0.1, -0.05) is 28.8 Å². The minimum Gasteiger partial charge on any atom is -0.337 e. The second-order valence-corrected chi connectivity index (χ2v) is 8.36. The predicted molar refractivity (Wildman–Crippen MR) is 88.0 cm³/mol. The van der Waals surface area contributed by atoms with Crippen LogP contribution in [0.2, 0.25) is 0 Å². The maximum Gasteiger partial charge on any atom is 0.263 e. The summed E-state index contributed by atoms with van der Waals surface area (Å²) in [5.41, 5.74) is 1.43. The fourth-order valence-corrected chi connectivity index (χ4v) is 5.60. The van der Waals surface area contributed by atoms with Crippen LogP contribution in [0.5, 0.6) is 0 Å². The molecule has 1 amide bonds. The molecule has 2 nitrogen and oxygen atoms in total. The number of nitrogens with zero attached hydrogens (tertiary/aromatic N) is 1. The van der Waals surface area contributed by atoms with E-state index in [1.807, 2.05) is 11.9 Å². The summed E-state index contributed by atoms with van der Waals surface area (Å²) in [6.07, 6.45) is 9.72. The lowest BCUT2D eigenvalue weighted by atomic mass is 9.94. The quantitative estimate of drug-likeness (QED) is 0.719. The molecule has 1 aromatic rings. The van der Waals surface area contributed by atoms with Gasteiger partial charge in [0.1, 0.15) is 0 Å². The molecule has 1 saturated carbocycles. The van der Waals surface area contributed by atoms with Crippen molar-refractivity contribution in [3.8, 4) is 0 Å². The van der Waals surface area contributed by atoms with Gasteiger partial charge in [0.2, 0.25) is 0 Å². The SMILES string of the molecule is CN(C(=O)c1cc2c(s1)CCCC2)C1CCCCC1Br. The van der Waals surface area contributed by atoms with Crippen LogP contribution in [0, 0.1) is 0 Å². The number of carbonyl (C=O) groups is 1. The molecule has 0 saturated heterocycles. The molecular formula is C16H22BrNOS. The van der Waals surface area contributed by atoms with Gasteiger partial charge in [0, 0.05) is 22.8 Å². The van der Waals surface area contributed by atoms with Gasteiger partial charge < -0.3 is 4.90 Å². The van der Waals surface area contributed by atoms with Gasteiger partial charge in [-0.05, 0) is 50.2 Å². The Bertz CT molecular complexity index is 475. The van der Waals surface area contributed by atoms with Crippen LogP contribution in [0.4, 0.5) is 0 Å². The normalized spacial score (nSPS) is 26.1. The molecule has 0 N–H and O–H groups in total. The van der Waals surface area contributed by atoms with E-state index in [-0.39, 0.29) is 5.91 Å². The van der Waals surface area contributed by atoms with Crippen molar-refractivity contribution in [3.05, 3.63) is 21.4 Å². The maximum absolute atomic E-state index is 12.7. The minimum absolute atomic E-state index is 0.223. The van der Waals surface area contributed by atoms with Crippen LogP contribution >= 0.6 is 27.3 Å². The number of thiophene rings is 1. The predicted octanol–water partition coefficient (Wildman–Crippen LogP) is 4.41. The van der Waals surface area contributed by atoms with E-state index in [1.165, 1.54) is 49.0 Å². The van der Waals surface area contributed by atoms with Gasteiger partial charge in [-0.3, -0.25) is 4.79 Å². The number of carbonyl (C=O) groups excluding carboxylic acids is 1. The summed E-state index contributed by atoms with van der Waals surface area (Å²) in [5.74, 6) is 0.223. The third-order valence-electron chi connectivity index (χ3n) is 4.67. The van der Waals surface area contributed by atoms with Gasteiger partial charge in [0.25, 0.3) is 5.91 Å². The van der Waals surface area contributed by atoms with E-state index in [9.17, 15) is 4.79 Å². The number of hydrogen-bond donors (Lipinski definition) is 0. The second-order valence-electron chi connectivity index (χ2n) is 6.05. The van der Waals surface area contributed by atoms with Crippen LogP contribution in [-0.4, -0.2) is 28.7 Å². The third kappa shape index (κ3) is 2.82. The molecule has 4 heteroatoms. The highest BCUT2D eigenvalue weighted by molar-refractivity contribution is 9.09.